The molecule has 0 N–H and O–H groups in total. The molecule has 0 aliphatic carbocycles. The van der Waals surface area contributed by atoms with Crippen LogP contribution in [0.4, 0.5) is 0 Å². The topological polar surface area (TPSA) is 36.1 Å². The van der Waals surface area contributed by atoms with Gasteiger partial charge in [-0.2, -0.15) is 5.26 Å². The van der Waals surface area contributed by atoms with Crippen LogP contribution in [0.2, 0.25) is 0 Å². The molecule has 0 aliphatic heterocycles. The fourth-order valence-corrected chi connectivity index (χ4v) is 1.99. The lowest BCUT2D eigenvalue weighted by Crippen LogP contribution is -1.92. The fourth-order valence-electron chi connectivity index (χ4n) is 0.890. The number of nitrogens with zero attached hydrogens (tertiary/aromatic N) is 2. The summed E-state index contributed by atoms with van der Waals surface area (Å²) in [7, 11) is 1.41. The van der Waals surface area contributed by atoms with E-state index in [1.54, 1.807) is 12.1 Å². The second-order valence-electron chi connectivity index (χ2n) is 2.43. The first-order chi connectivity index (χ1) is 6.27. The van der Waals surface area contributed by atoms with Crippen molar-refractivity contribution in [1.82, 2.24) is 0 Å². The van der Waals surface area contributed by atoms with Gasteiger partial charge in [-0.05, 0) is 24.6 Å². The molecule has 13 heavy (non-hydrogen) atoms. The van der Waals surface area contributed by atoms with Crippen LogP contribution in [-0.2, 0) is 0 Å². The van der Waals surface area contributed by atoms with Crippen LogP contribution in [0.25, 0.3) is 0 Å². The van der Waals surface area contributed by atoms with Gasteiger partial charge in [-0.1, -0.05) is 12.1 Å². The van der Waals surface area contributed by atoms with Crippen molar-refractivity contribution >= 4 is 36.0 Å². The minimum absolute atomic E-state index is 0.679. The largest absolute Gasteiger partial charge is 0.210 e. The van der Waals surface area contributed by atoms with E-state index in [-0.39, 0.29) is 0 Å². The normalized spacial score (nSPS) is 11.0. The van der Waals surface area contributed by atoms with Crippen molar-refractivity contribution in [2.45, 2.75) is 6.92 Å². The van der Waals surface area contributed by atoms with E-state index in [0.717, 1.165) is 11.3 Å². The second-order valence-corrected chi connectivity index (χ2v) is 3.94. The smallest absolute Gasteiger partial charge is 0.0991 e. The maximum absolute atomic E-state index is 8.58. The predicted molar refractivity (Wildman–Crippen MR) is 65.0 cm³/mol. The van der Waals surface area contributed by atoms with Gasteiger partial charge in [-0.25, -0.2) is 4.40 Å². The van der Waals surface area contributed by atoms with Gasteiger partial charge in [0.15, 0.2) is 0 Å². The Balaban J connectivity index is 2.94. The summed E-state index contributed by atoms with van der Waals surface area (Å²) in [6, 6.07) is 9.49. The molecule has 0 saturated carbocycles. The molecule has 1 rings (SSSR count). The zero-order valence-corrected chi connectivity index (χ0v) is 9.96. The number of hydrogen-bond acceptors (Lipinski definition) is 3. The van der Waals surface area contributed by atoms with Crippen molar-refractivity contribution < 1.29 is 0 Å². The highest BCUT2D eigenvalue weighted by Gasteiger charge is 1.96. The maximum Gasteiger partial charge on any atom is 0.0991 e. The van der Waals surface area contributed by atoms with Gasteiger partial charge < -0.3 is 0 Å². The van der Waals surface area contributed by atoms with Gasteiger partial charge >= 0.3 is 0 Å². The molecule has 0 aliphatic rings. The average Bonchev–Trinajstić information content (AvgIpc) is 2.18. The molecule has 0 amide bonds. The number of benzene rings is 1. The summed E-state index contributed by atoms with van der Waals surface area (Å²) in [5, 5.41) is 8.58. The summed E-state index contributed by atoms with van der Waals surface area (Å²) in [6.45, 7) is 1.95. The van der Waals surface area contributed by atoms with Gasteiger partial charge in [-0.15, -0.1) is 0 Å². The Morgan fingerprint density at radius 1 is 1.46 bits per heavy atom. The molecule has 0 bridgehead atoms. The van der Waals surface area contributed by atoms with Gasteiger partial charge in [0.1, 0.15) is 0 Å². The van der Waals surface area contributed by atoms with Crippen LogP contribution in [-0.4, -0.2) is 5.71 Å². The van der Waals surface area contributed by atoms with E-state index in [1.807, 2.05) is 19.1 Å². The van der Waals surface area contributed by atoms with Gasteiger partial charge in [0.2, 0.25) is 0 Å². The van der Waals surface area contributed by atoms with E-state index in [9.17, 15) is 0 Å². The average molecular weight is 302 g/mol. The third-order valence-electron chi connectivity index (χ3n) is 1.60. The third-order valence-corrected chi connectivity index (χ3v) is 2.54. The molecule has 0 aromatic heterocycles. The Kier molecular flexibility index (Phi) is 4.25. The summed E-state index contributed by atoms with van der Waals surface area (Å²) < 4.78 is 4.19. The Bertz CT molecular complexity index is 351. The molecule has 1 aromatic rings. The van der Waals surface area contributed by atoms with E-state index in [1.165, 1.54) is 9.12 Å². The Morgan fingerprint density at radius 2 is 2.08 bits per heavy atom. The molecule has 1 aromatic carbocycles. The molecule has 0 atom stereocenters. The lowest BCUT2D eigenvalue weighted by atomic mass is 10.1. The highest BCUT2D eigenvalue weighted by molar-refractivity contribution is 14.2. The van der Waals surface area contributed by atoms with E-state index < -0.39 is 0 Å². The van der Waals surface area contributed by atoms with Crippen LogP contribution in [0.15, 0.2) is 28.7 Å². The molecular weight excluding hydrogens is 295 g/mol. The molecule has 2 nitrogen and oxygen atoms in total. The first-order valence-corrected chi connectivity index (χ1v) is 6.92. The predicted octanol–water partition coefficient (Wildman–Crippen LogP) is 3.37. The van der Waals surface area contributed by atoms with Gasteiger partial charge in [0.25, 0.3) is 0 Å². The molecule has 0 spiro atoms. The molecule has 0 radical (unpaired) electrons. The number of halogens is 1. The van der Waals surface area contributed by atoms with Crippen LogP contribution in [0.5, 0.6) is 0 Å². The molecule has 0 heterocycles. The summed E-state index contributed by atoms with van der Waals surface area (Å²) in [6.07, 6.45) is 0. The van der Waals surface area contributed by atoms with Crippen molar-refractivity contribution in [2.75, 3.05) is 0 Å². The number of hydrogen-bond donors (Lipinski definition) is 0. The van der Waals surface area contributed by atoms with Crippen molar-refractivity contribution in [3.8, 4) is 6.07 Å². The molecule has 66 valence electrons. The van der Waals surface area contributed by atoms with E-state index in [2.05, 4.69) is 31.7 Å². The summed E-state index contributed by atoms with van der Waals surface area (Å²) in [5.74, 6) is 0. The van der Waals surface area contributed by atoms with E-state index in [0.29, 0.717) is 5.56 Å². The third kappa shape index (κ3) is 3.01. The SMILES string of the molecule is C/C(=N\SI)c1ccc(C#N)cc1. The Hall–Kier alpha value is -0.540. The standard InChI is InChI=1S/C9H7IN2S/c1-7(12-13-10)9-4-2-8(6-11)3-5-9/h2-5H,1H3/b12-7+. The Labute approximate surface area is 93.8 Å². The van der Waals surface area contributed by atoms with Crippen molar-refractivity contribution in [3.05, 3.63) is 35.4 Å². The van der Waals surface area contributed by atoms with Crippen LogP contribution in [0.3, 0.4) is 0 Å². The second kappa shape index (κ2) is 5.25. The lowest BCUT2D eigenvalue weighted by Gasteiger charge is -1.98. The monoisotopic (exact) mass is 302 g/mol. The van der Waals surface area contributed by atoms with Crippen LogP contribution in [0, 0.1) is 11.3 Å². The van der Waals surface area contributed by atoms with E-state index >= 15 is 0 Å². The lowest BCUT2D eigenvalue weighted by molar-refractivity contribution is 1.48. The molecular formula is C9H7IN2S. The Morgan fingerprint density at radius 3 is 2.54 bits per heavy atom. The fraction of sp³-hybridized carbons (Fsp3) is 0.111. The summed E-state index contributed by atoms with van der Waals surface area (Å²) in [5.41, 5.74) is 2.71. The van der Waals surface area contributed by atoms with Crippen molar-refractivity contribution in [1.29, 1.82) is 5.26 Å². The van der Waals surface area contributed by atoms with Crippen molar-refractivity contribution in [2.24, 2.45) is 4.40 Å². The first kappa shape index (κ1) is 10.5. The summed E-state index contributed by atoms with van der Waals surface area (Å²) in [4.78, 5) is 0. The highest BCUT2D eigenvalue weighted by Crippen LogP contribution is 2.15. The van der Waals surface area contributed by atoms with Gasteiger partial charge in [-0.3, -0.25) is 0 Å². The molecule has 0 saturated heterocycles. The van der Waals surface area contributed by atoms with E-state index in [4.69, 9.17) is 5.26 Å². The van der Waals surface area contributed by atoms with Gasteiger partial charge in [0.05, 0.1) is 17.3 Å². The quantitative estimate of drug-likeness (QED) is 0.477. The summed E-state index contributed by atoms with van der Waals surface area (Å²) >= 11 is 2.12. The van der Waals surface area contributed by atoms with Crippen molar-refractivity contribution in [3.63, 3.8) is 0 Å². The molecule has 4 heteroatoms. The first-order valence-electron chi connectivity index (χ1n) is 3.61. The zero-order valence-electron chi connectivity index (χ0n) is 6.99. The molecule has 0 unspecified atom stereocenters. The van der Waals surface area contributed by atoms with Crippen LogP contribution < -0.4 is 0 Å². The highest BCUT2D eigenvalue weighted by atomic mass is 127. The number of rotatable bonds is 2. The van der Waals surface area contributed by atoms with Crippen LogP contribution in [0.1, 0.15) is 18.1 Å². The van der Waals surface area contributed by atoms with Gasteiger partial charge in [0, 0.05) is 30.3 Å². The number of nitriles is 1. The minimum atomic E-state index is 0.679. The zero-order chi connectivity index (χ0) is 9.68. The maximum atomic E-state index is 8.58. The van der Waals surface area contributed by atoms with Crippen LogP contribution >= 0.6 is 30.3 Å². The minimum Gasteiger partial charge on any atom is -0.210 e. The molecule has 0 fully saturated rings.